The third kappa shape index (κ3) is 6.10. The van der Waals surface area contributed by atoms with Gasteiger partial charge in [-0.1, -0.05) is 19.4 Å². The molecule has 0 aromatic heterocycles. The standard InChI is InChI=1S/C12H19N3O3S/c1-2-3-7-19(16,17)15-10-5-4-6-11(8-10)18-9-12(13)14/h4-6,8,15H,2-3,7,9H2,1H3,(H3,13,14). The third-order valence-corrected chi connectivity index (χ3v) is 3.64. The highest BCUT2D eigenvalue weighted by Gasteiger charge is 2.09. The minimum Gasteiger partial charge on any atom is -0.486 e. The Balaban J connectivity index is 2.68. The first-order chi connectivity index (χ1) is 8.93. The maximum atomic E-state index is 11.7. The molecular formula is C12H19N3O3S. The molecule has 0 aliphatic heterocycles. The van der Waals surface area contributed by atoms with Crippen LogP contribution in [0.1, 0.15) is 19.8 Å². The molecule has 0 bridgehead atoms. The van der Waals surface area contributed by atoms with Gasteiger partial charge in [0.15, 0.2) is 0 Å². The molecule has 0 aliphatic rings. The Bertz CT molecular complexity index is 529. The number of amidine groups is 1. The van der Waals surface area contributed by atoms with Gasteiger partial charge in [0.05, 0.1) is 11.4 Å². The smallest absolute Gasteiger partial charge is 0.232 e. The largest absolute Gasteiger partial charge is 0.486 e. The number of nitrogens with one attached hydrogen (secondary N) is 2. The monoisotopic (exact) mass is 285 g/mol. The molecule has 7 heteroatoms. The van der Waals surface area contributed by atoms with Crippen LogP contribution in [-0.2, 0) is 10.0 Å². The fourth-order valence-corrected chi connectivity index (χ4v) is 2.63. The van der Waals surface area contributed by atoms with E-state index in [0.29, 0.717) is 17.9 Å². The predicted molar refractivity (Wildman–Crippen MR) is 76.2 cm³/mol. The molecule has 0 saturated heterocycles. The summed E-state index contributed by atoms with van der Waals surface area (Å²) < 4.78 is 31.2. The van der Waals surface area contributed by atoms with Gasteiger partial charge in [-0.3, -0.25) is 10.1 Å². The van der Waals surface area contributed by atoms with Crippen LogP contribution < -0.4 is 15.2 Å². The average molecular weight is 285 g/mol. The highest BCUT2D eigenvalue weighted by atomic mass is 32.2. The van der Waals surface area contributed by atoms with E-state index in [4.69, 9.17) is 15.9 Å². The molecule has 4 N–H and O–H groups in total. The van der Waals surface area contributed by atoms with Crippen LogP contribution in [0.2, 0.25) is 0 Å². The highest BCUT2D eigenvalue weighted by molar-refractivity contribution is 7.92. The summed E-state index contributed by atoms with van der Waals surface area (Å²) in [6, 6.07) is 6.55. The number of ether oxygens (including phenoxy) is 1. The lowest BCUT2D eigenvalue weighted by Gasteiger charge is -2.10. The lowest BCUT2D eigenvalue weighted by molar-refractivity contribution is 0.374. The number of hydrogen-bond acceptors (Lipinski definition) is 4. The van der Waals surface area contributed by atoms with E-state index in [1.807, 2.05) is 6.92 Å². The molecule has 19 heavy (non-hydrogen) atoms. The summed E-state index contributed by atoms with van der Waals surface area (Å²) >= 11 is 0. The van der Waals surface area contributed by atoms with E-state index >= 15 is 0 Å². The van der Waals surface area contributed by atoms with Gasteiger partial charge in [0.1, 0.15) is 18.2 Å². The third-order valence-electron chi connectivity index (χ3n) is 2.27. The van der Waals surface area contributed by atoms with Gasteiger partial charge in [-0.15, -0.1) is 0 Å². The Labute approximate surface area is 113 Å². The van der Waals surface area contributed by atoms with Gasteiger partial charge >= 0.3 is 0 Å². The van der Waals surface area contributed by atoms with Gasteiger partial charge < -0.3 is 10.5 Å². The lowest BCUT2D eigenvalue weighted by Crippen LogP contribution is -2.19. The molecule has 0 aliphatic carbocycles. The molecule has 0 radical (unpaired) electrons. The maximum Gasteiger partial charge on any atom is 0.232 e. The van der Waals surface area contributed by atoms with Crippen molar-refractivity contribution in [3.05, 3.63) is 24.3 Å². The van der Waals surface area contributed by atoms with E-state index in [-0.39, 0.29) is 18.2 Å². The number of sulfonamides is 1. The fraction of sp³-hybridized carbons (Fsp3) is 0.417. The molecule has 0 heterocycles. The zero-order chi connectivity index (χ0) is 14.3. The second kappa shape index (κ2) is 6.98. The van der Waals surface area contributed by atoms with Gasteiger partial charge in [-0.05, 0) is 18.6 Å². The second-order valence-corrected chi connectivity index (χ2v) is 5.96. The Morgan fingerprint density at radius 2 is 2.21 bits per heavy atom. The summed E-state index contributed by atoms with van der Waals surface area (Å²) in [7, 11) is -3.32. The van der Waals surface area contributed by atoms with E-state index in [9.17, 15) is 8.42 Å². The van der Waals surface area contributed by atoms with Crippen LogP contribution in [0, 0.1) is 5.41 Å². The van der Waals surface area contributed by atoms with Crippen molar-refractivity contribution in [1.82, 2.24) is 0 Å². The summed E-state index contributed by atoms with van der Waals surface area (Å²) in [5, 5.41) is 7.06. The Hall–Kier alpha value is -1.76. The van der Waals surface area contributed by atoms with E-state index in [1.165, 1.54) is 0 Å². The maximum absolute atomic E-state index is 11.7. The van der Waals surface area contributed by atoms with Crippen LogP contribution in [0.15, 0.2) is 24.3 Å². The zero-order valence-electron chi connectivity index (χ0n) is 10.8. The molecule has 0 amide bonds. The van der Waals surface area contributed by atoms with Gasteiger partial charge in [0, 0.05) is 6.07 Å². The molecule has 0 atom stereocenters. The van der Waals surface area contributed by atoms with Crippen molar-refractivity contribution >= 4 is 21.5 Å². The molecule has 6 nitrogen and oxygen atoms in total. The molecular weight excluding hydrogens is 266 g/mol. The number of rotatable bonds is 8. The summed E-state index contributed by atoms with van der Waals surface area (Å²) in [6.07, 6.45) is 1.44. The number of benzene rings is 1. The SMILES string of the molecule is CCCCS(=O)(=O)Nc1cccc(OCC(=N)N)c1. The molecule has 1 aromatic rings. The summed E-state index contributed by atoms with van der Waals surface area (Å²) in [6.45, 7) is 1.91. The molecule has 106 valence electrons. The Kier molecular flexibility index (Phi) is 5.62. The van der Waals surface area contributed by atoms with E-state index in [0.717, 1.165) is 6.42 Å². The van der Waals surface area contributed by atoms with Crippen molar-refractivity contribution in [1.29, 1.82) is 5.41 Å². The van der Waals surface area contributed by atoms with Crippen molar-refractivity contribution in [2.45, 2.75) is 19.8 Å². The quantitative estimate of drug-likeness (QED) is 0.497. The number of unbranched alkanes of at least 4 members (excludes halogenated alkanes) is 1. The van der Waals surface area contributed by atoms with Crippen molar-refractivity contribution in [3.63, 3.8) is 0 Å². The Morgan fingerprint density at radius 3 is 2.84 bits per heavy atom. The van der Waals surface area contributed by atoms with Crippen LogP contribution in [0.4, 0.5) is 5.69 Å². The normalized spacial score (nSPS) is 11.0. The first-order valence-corrected chi connectivity index (χ1v) is 7.64. The van der Waals surface area contributed by atoms with Crippen molar-refractivity contribution in [2.24, 2.45) is 5.73 Å². The zero-order valence-corrected chi connectivity index (χ0v) is 11.7. The summed E-state index contributed by atoms with van der Waals surface area (Å²) in [5.74, 6) is 0.474. The number of anilines is 1. The summed E-state index contributed by atoms with van der Waals surface area (Å²) in [5.41, 5.74) is 5.62. The van der Waals surface area contributed by atoms with E-state index < -0.39 is 10.0 Å². The van der Waals surface area contributed by atoms with Crippen molar-refractivity contribution < 1.29 is 13.2 Å². The molecule has 1 aromatic carbocycles. The van der Waals surface area contributed by atoms with Crippen molar-refractivity contribution in [3.8, 4) is 5.75 Å². The van der Waals surface area contributed by atoms with Crippen LogP contribution in [0.5, 0.6) is 5.75 Å². The van der Waals surface area contributed by atoms with Crippen LogP contribution >= 0.6 is 0 Å². The van der Waals surface area contributed by atoms with Gasteiger partial charge in [0.25, 0.3) is 0 Å². The number of nitrogens with two attached hydrogens (primary N) is 1. The van der Waals surface area contributed by atoms with Crippen LogP contribution in [-0.4, -0.2) is 26.6 Å². The Morgan fingerprint density at radius 1 is 1.47 bits per heavy atom. The predicted octanol–water partition coefficient (Wildman–Crippen LogP) is 1.54. The topological polar surface area (TPSA) is 105 Å². The lowest BCUT2D eigenvalue weighted by atomic mass is 10.3. The first-order valence-electron chi connectivity index (χ1n) is 5.99. The van der Waals surface area contributed by atoms with E-state index in [2.05, 4.69) is 4.72 Å². The fourth-order valence-electron chi connectivity index (χ4n) is 1.38. The number of hydrogen-bond donors (Lipinski definition) is 3. The van der Waals surface area contributed by atoms with Crippen LogP contribution in [0.3, 0.4) is 0 Å². The van der Waals surface area contributed by atoms with Gasteiger partial charge in [-0.25, -0.2) is 8.42 Å². The second-order valence-electron chi connectivity index (χ2n) is 4.12. The molecule has 0 spiro atoms. The van der Waals surface area contributed by atoms with Crippen molar-refractivity contribution in [2.75, 3.05) is 17.1 Å². The van der Waals surface area contributed by atoms with Crippen LogP contribution in [0.25, 0.3) is 0 Å². The molecule has 1 rings (SSSR count). The summed E-state index contributed by atoms with van der Waals surface area (Å²) in [4.78, 5) is 0. The average Bonchev–Trinajstić information content (AvgIpc) is 2.34. The van der Waals surface area contributed by atoms with E-state index in [1.54, 1.807) is 24.3 Å². The first kappa shape index (κ1) is 15.3. The minimum absolute atomic E-state index is 0.0218. The van der Waals surface area contributed by atoms with Gasteiger partial charge in [-0.2, -0.15) is 0 Å². The molecule has 0 saturated carbocycles. The molecule has 0 unspecified atom stereocenters. The van der Waals surface area contributed by atoms with Gasteiger partial charge in [0.2, 0.25) is 10.0 Å². The minimum atomic E-state index is -3.32. The highest BCUT2D eigenvalue weighted by Crippen LogP contribution is 2.18. The molecule has 0 fully saturated rings.